The van der Waals surface area contributed by atoms with Crippen molar-refractivity contribution in [3.05, 3.63) is 71.6 Å². The lowest BCUT2D eigenvalue weighted by Crippen LogP contribution is -2.05. The summed E-state index contributed by atoms with van der Waals surface area (Å²) in [6.07, 6.45) is 4.37. The van der Waals surface area contributed by atoms with Crippen LogP contribution in [0.25, 0.3) is 11.5 Å². The molecule has 168 valence electrons. The van der Waals surface area contributed by atoms with Crippen molar-refractivity contribution in [2.75, 3.05) is 20.3 Å². The summed E-state index contributed by atoms with van der Waals surface area (Å²) >= 11 is 0. The minimum absolute atomic E-state index is 0.0120. The number of oxazole rings is 1. The smallest absolute Gasteiger partial charge is 0.226 e. The van der Waals surface area contributed by atoms with E-state index in [0.717, 1.165) is 5.56 Å². The van der Waals surface area contributed by atoms with E-state index in [0.29, 0.717) is 60.5 Å². The summed E-state index contributed by atoms with van der Waals surface area (Å²) in [4.78, 5) is 17.2. The Hall–Kier alpha value is -3.54. The second kappa shape index (κ2) is 11.2. The Labute approximate surface area is 188 Å². The van der Waals surface area contributed by atoms with Crippen LogP contribution >= 0.6 is 0 Å². The lowest BCUT2D eigenvalue weighted by molar-refractivity contribution is 0.0979. The maximum absolute atomic E-state index is 12.7. The van der Waals surface area contributed by atoms with Gasteiger partial charge in [0.15, 0.2) is 17.3 Å². The van der Waals surface area contributed by atoms with Gasteiger partial charge in [-0.25, -0.2) is 4.98 Å². The predicted octanol–water partition coefficient (Wildman–Crippen LogP) is 5.91. The van der Waals surface area contributed by atoms with E-state index in [1.807, 2.05) is 63.2 Å². The molecule has 0 amide bonds. The topological polar surface area (TPSA) is 70.8 Å². The van der Waals surface area contributed by atoms with Crippen molar-refractivity contribution in [2.45, 2.75) is 33.6 Å². The van der Waals surface area contributed by atoms with Crippen LogP contribution in [-0.2, 0) is 6.42 Å². The summed E-state index contributed by atoms with van der Waals surface area (Å²) < 4.78 is 22.5. The van der Waals surface area contributed by atoms with Crippen LogP contribution < -0.4 is 14.2 Å². The Morgan fingerprint density at radius 2 is 1.88 bits per heavy atom. The van der Waals surface area contributed by atoms with E-state index in [4.69, 9.17) is 18.6 Å². The number of aromatic nitrogens is 1. The van der Waals surface area contributed by atoms with Gasteiger partial charge in [-0.2, -0.15) is 0 Å². The van der Waals surface area contributed by atoms with Crippen LogP contribution in [0.1, 0.15) is 43.2 Å². The number of benzene rings is 2. The molecule has 0 saturated heterocycles. The molecule has 0 bridgehead atoms. The molecule has 0 aliphatic heterocycles. The molecule has 1 aromatic heterocycles. The van der Waals surface area contributed by atoms with Crippen molar-refractivity contribution in [1.82, 2.24) is 4.98 Å². The lowest BCUT2D eigenvalue weighted by Gasteiger charge is -2.10. The molecular formula is C26H29NO5. The molecule has 0 unspecified atom stereocenters. The van der Waals surface area contributed by atoms with Gasteiger partial charge in [0.05, 0.1) is 25.0 Å². The van der Waals surface area contributed by atoms with Gasteiger partial charge in [-0.1, -0.05) is 17.7 Å². The number of methoxy groups -OCH3 is 1. The molecule has 0 aliphatic rings. The third-order valence-corrected chi connectivity index (χ3v) is 4.79. The van der Waals surface area contributed by atoms with Crippen LogP contribution in [0.15, 0.2) is 64.8 Å². The van der Waals surface area contributed by atoms with Crippen molar-refractivity contribution in [2.24, 2.45) is 0 Å². The molecule has 6 nitrogen and oxygen atoms in total. The number of aryl methyl sites for hydroxylation is 1. The standard InChI is InChI=1S/C26H29NO5/c1-5-30-23-9-7-6-8-21(23)22(28)12-11-20-17-32-26(27-20)19-10-13-24(29-4)25(16-19)31-15-14-18(2)3/h6-10,13-14,16-17H,5,11-12,15H2,1-4H3. The maximum atomic E-state index is 12.7. The zero-order chi connectivity index (χ0) is 22.9. The molecule has 0 saturated carbocycles. The molecule has 6 heteroatoms. The molecule has 0 N–H and O–H groups in total. The van der Waals surface area contributed by atoms with Gasteiger partial charge in [0.2, 0.25) is 5.89 Å². The van der Waals surface area contributed by atoms with Gasteiger partial charge < -0.3 is 18.6 Å². The first kappa shape index (κ1) is 23.1. The van der Waals surface area contributed by atoms with E-state index in [2.05, 4.69) is 4.98 Å². The Kier molecular flexibility index (Phi) is 8.08. The van der Waals surface area contributed by atoms with E-state index in [-0.39, 0.29) is 5.78 Å². The summed E-state index contributed by atoms with van der Waals surface area (Å²) in [5, 5.41) is 0. The van der Waals surface area contributed by atoms with E-state index in [1.165, 1.54) is 5.57 Å². The fourth-order valence-corrected chi connectivity index (χ4v) is 3.13. The number of para-hydroxylation sites is 1. The van der Waals surface area contributed by atoms with Gasteiger partial charge in [-0.3, -0.25) is 4.79 Å². The van der Waals surface area contributed by atoms with Crippen LogP contribution in [0.5, 0.6) is 17.2 Å². The number of carbonyl (C=O) groups excluding carboxylic acids is 1. The van der Waals surface area contributed by atoms with Gasteiger partial charge >= 0.3 is 0 Å². The highest BCUT2D eigenvalue weighted by atomic mass is 16.5. The number of carbonyl (C=O) groups is 1. The average molecular weight is 436 g/mol. The third kappa shape index (κ3) is 6.00. The summed E-state index contributed by atoms with van der Waals surface area (Å²) in [6, 6.07) is 12.8. The van der Waals surface area contributed by atoms with Crippen LogP contribution in [0.3, 0.4) is 0 Å². The van der Waals surface area contributed by atoms with Crippen LogP contribution in [-0.4, -0.2) is 31.1 Å². The largest absolute Gasteiger partial charge is 0.493 e. The number of ether oxygens (including phenoxy) is 3. The van der Waals surface area contributed by atoms with Gasteiger partial charge in [0, 0.05) is 18.4 Å². The molecule has 1 heterocycles. The Morgan fingerprint density at radius 1 is 1.06 bits per heavy atom. The molecule has 2 aromatic carbocycles. The fraction of sp³-hybridized carbons (Fsp3) is 0.308. The SMILES string of the molecule is CCOc1ccccc1C(=O)CCc1coc(-c2ccc(OC)c(OCC=C(C)C)c2)n1. The van der Waals surface area contributed by atoms with Gasteiger partial charge in [0.25, 0.3) is 0 Å². The fourth-order valence-electron chi connectivity index (χ4n) is 3.13. The number of nitrogens with zero attached hydrogens (tertiary/aromatic N) is 1. The number of hydrogen-bond donors (Lipinski definition) is 0. The molecule has 3 rings (SSSR count). The number of hydrogen-bond acceptors (Lipinski definition) is 6. The quantitative estimate of drug-likeness (QED) is 0.275. The molecule has 32 heavy (non-hydrogen) atoms. The molecule has 0 radical (unpaired) electrons. The Balaban J connectivity index is 1.69. The minimum atomic E-state index is 0.0120. The minimum Gasteiger partial charge on any atom is -0.493 e. The van der Waals surface area contributed by atoms with Crippen molar-refractivity contribution in [3.63, 3.8) is 0 Å². The monoisotopic (exact) mass is 435 g/mol. The molecule has 0 fully saturated rings. The maximum Gasteiger partial charge on any atom is 0.226 e. The van der Waals surface area contributed by atoms with Crippen LogP contribution in [0, 0.1) is 0 Å². The second-order valence-corrected chi connectivity index (χ2v) is 7.45. The zero-order valence-electron chi connectivity index (χ0n) is 19.0. The first-order chi connectivity index (χ1) is 15.5. The molecule has 3 aromatic rings. The average Bonchev–Trinajstić information content (AvgIpc) is 3.27. The molecule has 0 aliphatic carbocycles. The molecule has 0 atom stereocenters. The van der Waals surface area contributed by atoms with Gasteiger partial charge in [-0.15, -0.1) is 0 Å². The van der Waals surface area contributed by atoms with Crippen molar-refractivity contribution in [3.8, 4) is 28.7 Å². The van der Waals surface area contributed by atoms with Crippen molar-refractivity contribution in [1.29, 1.82) is 0 Å². The first-order valence-corrected chi connectivity index (χ1v) is 10.7. The lowest BCUT2D eigenvalue weighted by atomic mass is 10.0. The van der Waals surface area contributed by atoms with E-state index in [1.54, 1.807) is 19.4 Å². The summed E-state index contributed by atoms with van der Waals surface area (Å²) in [5.74, 6) is 2.35. The second-order valence-electron chi connectivity index (χ2n) is 7.45. The van der Waals surface area contributed by atoms with Gasteiger partial charge in [-0.05, 0) is 57.2 Å². The summed E-state index contributed by atoms with van der Waals surface area (Å²) in [7, 11) is 1.60. The first-order valence-electron chi connectivity index (χ1n) is 10.7. The van der Waals surface area contributed by atoms with Crippen molar-refractivity contribution >= 4 is 5.78 Å². The Morgan fingerprint density at radius 3 is 2.62 bits per heavy atom. The van der Waals surface area contributed by atoms with Crippen LogP contribution in [0.4, 0.5) is 0 Å². The van der Waals surface area contributed by atoms with Gasteiger partial charge in [0.1, 0.15) is 18.6 Å². The van der Waals surface area contributed by atoms with Crippen LogP contribution in [0.2, 0.25) is 0 Å². The number of Topliss-reactive ketones (excluding diaryl/α,β-unsaturated/α-hetero) is 1. The highest BCUT2D eigenvalue weighted by molar-refractivity contribution is 5.98. The van der Waals surface area contributed by atoms with Crippen molar-refractivity contribution < 1.29 is 23.4 Å². The number of allylic oxidation sites excluding steroid dienone is 1. The molecule has 0 spiro atoms. The van der Waals surface area contributed by atoms with E-state index < -0.39 is 0 Å². The molecular weight excluding hydrogens is 406 g/mol. The highest BCUT2D eigenvalue weighted by Crippen LogP contribution is 2.32. The number of rotatable bonds is 11. The summed E-state index contributed by atoms with van der Waals surface area (Å²) in [6.45, 7) is 6.90. The highest BCUT2D eigenvalue weighted by Gasteiger charge is 2.15. The predicted molar refractivity (Wildman–Crippen MR) is 124 cm³/mol. The van der Waals surface area contributed by atoms with E-state index >= 15 is 0 Å². The zero-order valence-corrected chi connectivity index (χ0v) is 19.0. The summed E-state index contributed by atoms with van der Waals surface area (Å²) in [5.41, 5.74) is 3.25. The van der Waals surface area contributed by atoms with E-state index in [9.17, 15) is 4.79 Å². The Bertz CT molecular complexity index is 1080. The normalized spacial score (nSPS) is 10.5. The third-order valence-electron chi connectivity index (χ3n) is 4.79. The number of ketones is 1.